The second-order valence-corrected chi connectivity index (χ2v) is 4.49. The van der Waals surface area contributed by atoms with Gasteiger partial charge in [-0.3, -0.25) is 4.79 Å². The van der Waals surface area contributed by atoms with Gasteiger partial charge in [0.15, 0.2) is 0 Å². The summed E-state index contributed by atoms with van der Waals surface area (Å²) in [5.74, 6) is -0.222. The Bertz CT molecular complexity index is 605. The van der Waals surface area contributed by atoms with E-state index in [1.54, 1.807) is 6.07 Å². The largest absolute Gasteiger partial charge is 0.352 e. The van der Waals surface area contributed by atoms with Crippen molar-refractivity contribution in [2.75, 3.05) is 6.54 Å². The zero-order valence-electron chi connectivity index (χ0n) is 10.7. The highest BCUT2D eigenvalue weighted by molar-refractivity contribution is 7.80. The van der Waals surface area contributed by atoms with E-state index in [1.165, 1.54) is 6.92 Å². The summed E-state index contributed by atoms with van der Waals surface area (Å²) in [5.41, 5.74) is 2.17. The van der Waals surface area contributed by atoms with Crippen LogP contribution in [0.15, 0.2) is 28.7 Å². The van der Waals surface area contributed by atoms with Crippen LogP contribution in [0.2, 0.25) is 0 Å². The number of allylic oxidation sites excluding steroid dienone is 1. The summed E-state index contributed by atoms with van der Waals surface area (Å²) >= 11 is 4.36. The van der Waals surface area contributed by atoms with Crippen LogP contribution < -0.4 is 5.32 Å². The van der Waals surface area contributed by atoms with E-state index in [0.717, 1.165) is 5.56 Å². The van der Waals surface area contributed by atoms with Crippen molar-refractivity contribution in [1.29, 1.82) is 10.5 Å². The highest BCUT2D eigenvalue weighted by atomic mass is 32.1. The molecule has 0 aliphatic heterocycles. The van der Waals surface area contributed by atoms with E-state index in [4.69, 9.17) is 10.5 Å². The Kier molecular flexibility index (Phi) is 5.17. The van der Waals surface area contributed by atoms with Crippen molar-refractivity contribution in [2.24, 2.45) is 0 Å². The summed E-state index contributed by atoms with van der Waals surface area (Å²) in [5, 5.41) is 20.6. The predicted octanol–water partition coefficient (Wildman–Crippen LogP) is 2.22. The van der Waals surface area contributed by atoms with Crippen LogP contribution in [0.5, 0.6) is 0 Å². The number of rotatable bonds is 3. The molecule has 1 amide bonds. The number of hydrogen-bond donors (Lipinski definition) is 2. The maximum absolute atomic E-state index is 11.0. The van der Waals surface area contributed by atoms with Crippen LogP contribution in [0.25, 0.3) is 5.57 Å². The first kappa shape index (κ1) is 14.8. The lowest BCUT2D eigenvalue weighted by atomic mass is 9.99. The maximum Gasteiger partial charge on any atom is 0.217 e. The molecule has 0 aromatic heterocycles. The number of nitrogens with zero attached hydrogens (tertiary/aromatic N) is 2. The molecule has 1 rings (SSSR count). The fourth-order valence-electron chi connectivity index (χ4n) is 1.59. The molecule has 19 heavy (non-hydrogen) atoms. The van der Waals surface area contributed by atoms with Gasteiger partial charge in [0.05, 0.1) is 0 Å². The normalized spacial score (nSPS) is 9.11. The quantitative estimate of drug-likeness (QED) is 0.653. The molecule has 0 heterocycles. The second-order valence-electron chi connectivity index (χ2n) is 4.01. The van der Waals surface area contributed by atoms with Gasteiger partial charge in [-0.25, -0.2) is 0 Å². The number of thiol groups is 1. The Morgan fingerprint density at radius 1 is 1.37 bits per heavy atom. The molecule has 4 nitrogen and oxygen atoms in total. The lowest BCUT2D eigenvalue weighted by molar-refractivity contribution is -0.118. The van der Waals surface area contributed by atoms with Gasteiger partial charge in [0.2, 0.25) is 5.91 Å². The average Bonchev–Trinajstić information content (AvgIpc) is 2.35. The van der Waals surface area contributed by atoms with Gasteiger partial charge >= 0.3 is 0 Å². The Hall–Kier alpha value is -2.24. The van der Waals surface area contributed by atoms with Gasteiger partial charge in [0, 0.05) is 23.9 Å². The molecule has 5 heteroatoms. The van der Waals surface area contributed by atoms with Gasteiger partial charge in [-0.1, -0.05) is 12.1 Å². The topological polar surface area (TPSA) is 76.7 Å². The Labute approximate surface area is 117 Å². The molecule has 96 valence electrons. The predicted molar refractivity (Wildman–Crippen MR) is 75.3 cm³/mol. The van der Waals surface area contributed by atoms with Gasteiger partial charge in [-0.15, -0.1) is 12.6 Å². The number of aryl methyl sites for hydroxylation is 1. The summed E-state index contributed by atoms with van der Waals surface area (Å²) in [7, 11) is 0. The minimum atomic E-state index is -0.222. The molecule has 1 N–H and O–H groups in total. The van der Waals surface area contributed by atoms with Crippen LogP contribution in [0, 0.1) is 29.6 Å². The lowest BCUT2D eigenvalue weighted by Gasteiger charge is -2.11. The summed E-state index contributed by atoms with van der Waals surface area (Å²) in [6.07, 6.45) is 0. The van der Waals surface area contributed by atoms with E-state index >= 15 is 0 Å². The van der Waals surface area contributed by atoms with Gasteiger partial charge in [-0.05, 0) is 24.1 Å². The van der Waals surface area contributed by atoms with Crippen molar-refractivity contribution in [2.45, 2.75) is 18.7 Å². The van der Waals surface area contributed by atoms with Gasteiger partial charge < -0.3 is 5.32 Å². The molecule has 0 aliphatic carbocycles. The summed E-state index contributed by atoms with van der Waals surface area (Å²) < 4.78 is 0. The maximum atomic E-state index is 11.0. The number of nitriles is 2. The smallest absolute Gasteiger partial charge is 0.217 e. The van der Waals surface area contributed by atoms with Gasteiger partial charge in [-0.2, -0.15) is 10.5 Å². The molecular formula is C14H13N3OS. The third kappa shape index (κ3) is 3.87. The zero-order valence-corrected chi connectivity index (χ0v) is 11.6. The first-order valence-corrected chi connectivity index (χ1v) is 6.02. The lowest BCUT2D eigenvalue weighted by Crippen LogP contribution is -2.22. The Balaban J connectivity index is 3.33. The molecule has 0 radical (unpaired) electrons. The summed E-state index contributed by atoms with van der Waals surface area (Å²) in [4.78, 5) is 11.7. The van der Waals surface area contributed by atoms with Crippen LogP contribution >= 0.6 is 12.6 Å². The third-order valence-electron chi connectivity index (χ3n) is 2.52. The molecule has 0 aliphatic rings. The van der Waals surface area contributed by atoms with E-state index < -0.39 is 0 Å². The molecular weight excluding hydrogens is 258 g/mol. The highest BCUT2D eigenvalue weighted by Gasteiger charge is 2.12. The second kappa shape index (κ2) is 6.63. The van der Waals surface area contributed by atoms with E-state index in [0.29, 0.717) is 16.0 Å². The monoisotopic (exact) mass is 271 g/mol. The minimum Gasteiger partial charge on any atom is -0.352 e. The molecule has 1 aromatic rings. The fourth-order valence-corrected chi connectivity index (χ4v) is 2.00. The van der Waals surface area contributed by atoms with E-state index in [1.807, 2.05) is 31.2 Å². The first-order valence-electron chi connectivity index (χ1n) is 5.57. The summed E-state index contributed by atoms with van der Waals surface area (Å²) in [6.45, 7) is 3.44. The highest BCUT2D eigenvalue weighted by Crippen LogP contribution is 2.25. The van der Waals surface area contributed by atoms with Crippen LogP contribution in [-0.2, 0) is 4.79 Å². The van der Waals surface area contributed by atoms with E-state index in [9.17, 15) is 4.79 Å². The van der Waals surface area contributed by atoms with Crippen LogP contribution in [0.1, 0.15) is 18.1 Å². The number of carbonyl (C=O) groups is 1. The minimum absolute atomic E-state index is 0.0205. The van der Waals surface area contributed by atoms with Crippen LogP contribution in [-0.4, -0.2) is 12.5 Å². The Morgan fingerprint density at radius 3 is 2.47 bits per heavy atom. The first-order chi connectivity index (χ1) is 8.99. The van der Waals surface area contributed by atoms with Gasteiger partial charge in [0.25, 0.3) is 0 Å². The van der Waals surface area contributed by atoms with Crippen LogP contribution in [0.3, 0.4) is 0 Å². The number of hydrogen-bond acceptors (Lipinski definition) is 4. The van der Waals surface area contributed by atoms with Crippen molar-refractivity contribution in [1.82, 2.24) is 5.32 Å². The molecule has 0 fully saturated rings. The van der Waals surface area contributed by atoms with Crippen molar-refractivity contribution < 1.29 is 4.79 Å². The Morgan fingerprint density at radius 2 is 2.00 bits per heavy atom. The summed E-state index contributed by atoms with van der Waals surface area (Å²) in [6, 6.07) is 9.21. The zero-order chi connectivity index (χ0) is 14.4. The van der Waals surface area contributed by atoms with Crippen molar-refractivity contribution in [3.8, 4) is 12.1 Å². The SMILES string of the molecule is CC(=O)NCC(=C(C#N)C#N)c1ccc(C)cc1S. The van der Waals surface area contributed by atoms with E-state index in [-0.39, 0.29) is 18.0 Å². The third-order valence-corrected chi connectivity index (χ3v) is 2.89. The molecule has 0 spiro atoms. The van der Waals surface area contributed by atoms with E-state index in [2.05, 4.69) is 17.9 Å². The molecule has 0 bridgehead atoms. The number of benzene rings is 1. The molecule has 0 saturated carbocycles. The van der Waals surface area contributed by atoms with Crippen molar-refractivity contribution in [3.05, 3.63) is 34.9 Å². The molecule has 1 aromatic carbocycles. The fraction of sp³-hybridized carbons (Fsp3) is 0.214. The number of carbonyl (C=O) groups excluding carboxylic acids is 1. The van der Waals surface area contributed by atoms with Gasteiger partial charge in [0.1, 0.15) is 17.7 Å². The number of nitrogens with one attached hydrogen (secondary N) is 1. The standard InChI is InChI=1S/C14H13N3OS/c1-9-3-4-12(14(19)5-9)13(8-17-10(2)18)11(6-15)7-16/h3-5,19H,8H2,1-2H3,(H,17,18). The van der Waals surface area contributed by atoms with Crippen LogP contribution in [0.4, 0.5) is 0 Å². The molecule has 0 atom stereocenters. The van der Waals surface area contributed by atoms with Crippen molar-refractivity contribution >= 4 is 24.1 Å². The average molecular weight is 271 g/mol. The molecule has 0 saturated heterocycles. The number of amides is 1. The molecule has 0 unspecified atom stereocenters. The van der Waals surface area contributed by atoms with Crippen molar-refractivity contribution in [3.63, 3.8) is 0 Å².